The highest BCUT2D eigenvalue weighted by molar-refractivity contribution is 5.72. The molecule has 0 aliphatic heterocycles. The maximum Gasteiger partial charge on any atom is 0.288 e. The summed E-state index contributed by atoms with van der Waals surface area (Å²) in [5.74, 6) is -0.00596. The summed E-state index contributed by atoms with van der Waals surface area (Å²) in [4.78, 5) is 4.56. The highest BCUT2D eigenvalue weighted by Gasteiger charge is 2.17. The monoisotopic (exact) mass is 218 g/mol. The van der Waals surface area contributed by atoms with Gasteiger partial charge in [-0.2, -0.15) is 0 Å². The molecule has 0 aliphatic carbocycles. The number of fused-ring (bicyclic) bond motifs is 1. The summed E-state index contributed by atoms with van der Waals surface area (Å²) >= 11 is 0. The van der Waals surface area contributed by atoms with Crippen molar-refractivity contribution in [3.05, 3.63) is 29.0 Å². The molecule has 0 aliphatic rings. The second-order valence-electron chi connectivity index (χ2n) is 4.80. The van der Waals surface area contributed by atoms with E-state index < -0.39 is 0 Å². The van der Waals surface area contributed by atoms with Crippen LogP contribution < -0.4 is 10.6 Å². The van der Waals surface area contributed by atoms with E-state index in [-0.39, 0.29) is 11.4 Å². The summed E-state index contributed by atoms with van der Waals surface area (Å²) in [6.07, 6.45) is 0. The predicted octanol–water partition coefficient (Wildman–Crippen LogP) is 1.14. The molecule has 0 atom stereocenters. The molecule has 0 radical (unpaired) electrons. The molecule has 84 valence electrons. The molecule has 0 amide bonds. The predicted molar refractivity (Wildman–Crippen MR) is 61.6 cm³/mol. The molecule has 2 aromatic rings. The Balaban J connectivity index is 2.71. The van der Waals surface area contributed by atoms with Crippen molar-refractivity contribution < 1.29 is 4.85 Å². The molecule has 0 unspecified atom stereocenters. The van der Waals surface area contributed by atoms with E-state index in [0.29, 0.717) is 15.9 Å². The van der Waals surface area contributed by atoms with Gasteiger partial charge in [-0.1, -0.05) is 26.8 Å². The smallest absolute Gasteiger partial charge is 0.288 e. The van der Waals surface area contributed by atoms with Gasteiger partial charge in [-0.15, -0.1) is 0 Å². The van der Waals surface area contributed by atoms with Gasteiger partial charge in [0.05, 0.1) is 5.10 Å². The van der Waals surface area contributed by atoms with E-state index in [1.54, 1.807) is 6.07 Å². The number of benzene rings is 1. The number of hydrogen-bond acceptors (Lipinski definition) is 4. The number of anilines is 1. The van der Waals surface area contributed by atoms with Crippen LogP contribution in [0.2, 0.25) is 0 Å². The lowest BCUT2D eigenvalue weighted by Gasteiger charge is -2.18. The molecule has 0 saturated carbocycles. The minimum absolute atomic E-state index is 0.00596. The molecule has 0 fully saturated rings. The van der Waals surface area contributed by atoms with E-state index in [0.717, 1.165) is 5.56 Å². The Morgan fingerprint density at radius 3 is 2.62 bits per heavy atom. The first kappa shape index (κ1) is 10.6. The molecule has 2 rings (SSSR count). The van der Waals surface area contributed by atoms with Crippen LogP contribution in [0, 0.1) is 5.21 Å². The number of hydrogen-bond donors (Lipinski definition) is 1. The number of nitrogens with zero attached hydrogens (tertiary/aromatic N) is 3. The molecule has 0 saturated heterocycles. The maximum atomic E-state index is 11.4. The quantitative estimate of drug-likeness (QED) is 0.531. The minimum Gasteiger partial charge on any atom is -0.594 e. The lowest BCUT2D eigenvalue weighted by atomic mass is 9.87. The Morgan fingerprint density at radius 1 is 1.31 bits per heavy atom. The highest BCUT2D eigenvalue weighted by atomic mass is 16.5. The standard InChI is InChI=1S/C11H14N4O/c1-11(2,3)7-4-5-9-8(6-7)13-10(12)14-15(9)16/h4-6H,1-3H3,(H2,12,13,14). The average molecular weight is 218 g/mol. The summed E-state index contributed by atoms with van der Waals surface area (Å²) in [5, 5.41) is 15.0. The van der Waals surface area contributed by atoms with Crippen LogP contribution in [0.5, 0.6) is 0 Å². The lowest BCUT2D eigenvalue weighted by molar-refractivity contribution is -0.641. The van der Waals surface area contributed by atoms with E-state index >= 15 is 0 Å². The molecule has 0 bridgehead atoms. The fraction of sp³-hybridized carbons (Fsp3) is 0.364. The van der Waals surface area contributed by atoms with Crippen LogP contribution in [0.4, 0.5) is 5.95 Å². The number of nitrogens with two attached hydrogens (primary N) is 1. The van der Waals surface area contributed by atoms with Gasteiger partial charge < -0.3 is 10.9 Å². The first-order valence-electron chi connectivity index (χ1n) is 5.05. The van der Waals surface area contributed by atoms with E-state index in [4.69, 9.17) is 5.73 Å². The van der Waals surface area contributed by atoms with E-state index in [1.165, 1.54) is 0 Å². The fourth-order valence-corrected chi connectivity index (χ4v) is 1.53. The molecule has 16 heavy (non-hydrogen) atoms. The van der Waals surface area contributed by atoms with Gasteiger partial charge in [0, 0.05) is 6.07 Å². The van der Waals surface area contributed by atoms with Crippen LogP contribution in [0.3, 0.4) is 0 Å². The molecule has 1 heterocycles. The van der Waals surface area contributed by atoms with Crippen molar-refractivity contribution in [1.82, 2.24) is 10.1 Å². The summed E-state index contributed by atoms with van der Waals surface area (Å²) < 4.78 is 0. The average Bonchev–Trinajstić information content (AvgIpc) is 2.15. The number of rotatable bonds is 0. The molecule has 5 heteroatoms. The van der Waals surface area contributed by atoms with Crippen molar-refractivity contribution in [1.29, 1.82) is 0 Å². The van der Waals surface area contributed by atoms with Crippen molar-refractivity contribution in [2.45, 2.75) is 26.2 Å². The van der Waals surface area contributed by atoms with Crippen molar-refractivity contribution in [2.24, 2.45) is 0 Å². The van der Waals surface area contributed by atoms with Gasteiger partial charge in [-0.25, -0.2) is 4.98 Å². The molecule has 5 nitrogen and oxygen atoms in total. The summed E-state index contributed by atoms with van der Waals surface area (Å²) in [7, 11) is 0. The SMILES string of the molecule is CC(C)(C)c1ccc2c(c1)nc(N)n[n+]2[O-]. The van der Waals surface area contributed by atoms with Gasteiger partial charge in [-0.3, -0.25) is 0 Å². The zero-order valence-electron chi connectivity index (χ0n) is 9.56. The van der Waals surface area contributed by atoms with Gasteiger partial charge in [-0.05, 0) is 21.9 Å². The van der Waals surface area contributed by atoms with Crippen molar-refractivity contribution in [2.75, 3.05) is 5.73 Å². The lowest BCUT2D eigenvalue weighted by Crippen LogP contribution is -2.33. The van der Waals surface area contributed by atoms with Crippen LogP contribution in [-0.2, 0) is 5.41 Å². The third kappa shape index (κ3) is 1.76. The van der Waals surface area contributed by atoms with Gasteiger partial charge in [0.1, 0.15) is 5.52 Å². The Hall–Kier alpha value is -1.91. The zero-order valence-corrected chi connectivity index (χ0v) is 9.56. The van der Waals surface area contributed by atoms with Gasteiger partial charge in [0.25, 0.3) is 11.5 Å². The molecular formula is C11H14N4O. The van der Waals surface area contributed by atoms with Crippen LogP contribution >= 0.6 is 0 Å². The van der Waals surface area contributed by atoms with E-state index in [1.807, 2.05) is 12.1 Å². The van der Waals surface area contributed by atoms with Gasteiger partial charge in [0.15, 0.2) is 0 Å². The second-order valence-corrected chi connectivity index (χ2v) is 4.80. The van der Waals surface area contributed by atoms with Crippen molar-refractivity contribution in [3.8, 4) is 0 Å². The molecular weight excluding hydrogens is 204 g/mol. The molecule has 1 aromatic heterocycles. The maximum absolute atomic E-state index is 11.4. The van der Waals surface area contributed by atoms with Crippen LogP contribution in [0.1, 0.15) is 26.3 Å². The highest BCUT2D eigenvalue weighted by Crippen LogP contribution is 2.24. The molecule has 2 N–H and O–H groups in total. The third-order valence-electron chi connectivity index (χ3n) is 2.48. The summed E-state index contributed by atoms with van der Waals surface area (Å²) in [6.45, 7) is 6.30. The Morgan fingerprint density at radius 2 is 2.00 bits per heavy atom. The Bertz CT molecular complexity index is 545. The van der Waals surface area contributed by atoms with Crippen molar-refractivity contribution in [3.63, 3.8) is 0 Å². The largest absolute Gasteiger partial charge is 0.594 e. The van der Waals surface area contributed by atoms with Crippen LogP contribution in [0.25, 0.3) is 11.0 Å². The van der Waals surface area contributed by atoms with E-state index in [9.17, 15) is 5.21 Å². The van der Waals surface area contributed by atoms with Crippen molar-refractivity contribution >= 4 is 17.0 Å². The normalized spacial score (nSPS) is 11.9. The molecule has 0 spiro atoms. The number of aromatic nitrogens is 3. The third-order valence-corrected chi connectivity index (χ3v) is 2.48. The number of nitrogen functional groups attached to an aromatic ring is 1. The van der Waals surface area contributed by atoms with Crippen LogP contribution in [0.15, 0.2) is 18.2 Å². The first-order chi connectivity index (χ1) is 7.38. The topological polar surface area (TPSA) is 78.7 Å². The Labute approximate surface area is 93.5 Å². The minimum atomic E-state index is -0.00596. The second kappa shape index (κ2) is 3.30. The summed E-state index contributed by atoms with van der Waals surface area (Å²) in [6, 6.07) is 5.51. The zero-order chi connectivity index (χ0) is 11.9. The van der Waals surface area contributed by atoms with Gasteiger partial charge >= 0.3 is 0 Å². The first-order valence-corrected chi connectivity index (χ1v) is 5.05. The molecule has 1 aromatic carbocycles. The van der Waals surface area contributed by atoms with Crippen LogP contribution in [-0.4, -0.2) is 10.1 Å². The summed E-state index contributed by atoms with van der Waals surface area (Å²) in [5.41, 5.74) is 7.58. The Kier molecular flexibility index (Phi) is 2.18. The van der Waals surface area contributed by atoms with E-state index in [2.05, 4.69) is 30.9 Å². The van der Waals surface area contributed by atoms with Gasteiger partial charge in [0.2, 0.25) is 0 Å². The fourth-order valence-electron chi connectivity index (χ4n) is 1.53.